The van der Waals surface area contributed by atoms with Gasteiger partial charge in [-0.1, -0.05) is 29.3 Å². The van der Waals surface area contributed by atoms with E-state index in [9.17, 15) is 13.2 Å². The maximum Gasteiger partial charge on any atom is 0.359 e. The van der Waals surface area contributed by atoms with E-state index in [1.54, 1.807) is 24.3 Å². The zero-order valence-electron chi connectivity index (χ0n) is 13.9. The van der Waals surface area contributed by atoms with Gasteiger partial charge in [0.1, 0.15) is 0 Å². The van der Waals surface area contributed by atoms with Gasteiger partial charge in [-0.2, -0.15) is 5.10 Å². The maximum absolute atomic E-state index is 12.0. The third-order valence-corrected chi connectivity index (χ3v) is 5.56. The molecule has 0 amide bonds. The summed E-state index contributed by atoms with van der Waals surface area (Å²) in [5.41, 5.74) is 1.31. The first-order chi connectivity index (χ1) is 12.2. The van der Waals surface area contributed by atoms with Crippen LogP contribution in [0.15, 0.2) is 41.3 Å². The fourth-order valence-electron chi connectivity index (χ4n) is 2.56. The molecular weight excluding hydrogens is 399 g/mol. The second-order valence-corrected chi connectivity index (χ2v) is 8.54. The summed E-state index contributed by atoms with van der Waals surface area (Å²) in [5.74, 6) is -0.608. The van der Waals surface area contributed by atoms with Crippen molar-refractivity contribution in [3.8, 4) is 0 Å². The first kappa shape index (κ1) is 18.7. The highest BCUT2D eigenvalue weighted by atomic mass is 35.5. The van der Waals surface area contributed by atoms with Crippen molar-refractivity contribution in [3.05, 3.63) is 57.7 Å². The molecule has 0 N–H and O–H groups in total. The molecule has 0 spiro atoms. The largest absolute Gasteiger partial charge is 0.464 e. The van der Waals surface area contributed by atoms with Gasteiger partial charge in [0, 0.05) is 21.7 Å². The van der Waals surface area contributed by atoms with E-state index in [-0.39, 0.29) is 17.1 Å². The van der Waals surface area contributed by atoms with Crippen LogP contribution in [0.5, 0.6) is 0 Å². The van der Waals surface area contributed by atoms with Crippen molar-refractivity contribution in [3.63, 3.8) is 0 Å². The number of rotatable bonds is 4. The molecule has 1 heterocycles. The van der Waals surface area contributed by atoms with E-state index in [2.05, 4.69) is 5.10 Å². The molecule has 0 bridgehead atoms. The zero-order chi connectivity index (χ0) is 19.1. The Labute approximate surface area is 160 Å². The van der Waals surface area contributed by atoms with E-state index in [1.807, 2.05) is 0 Å². The summed E-state index contributed by atoms with van der Waals surface area (Å²) in [5, 5.41) is 5.74. The molecule has 2 aromatic carbocycles. The quantitative estimate of drug-likeness (QED) is 0.611. The van der Waals surface area contributed by atoms with Crippen LogP contribution in [-0.4, -0.2) is 37.5 Å². The Bertz CT molecular complexity index is 1120. The molecule has 0 radical (unpaired) electrons. The molecule has 0 saturated carbocycles. The molecule has 0 fully saturated rings. The van der Waals surface area contributed by atoms with Gasteiger partial charge in [-0.15, -0.1) is 0 Å². The van der Waals surface area contributed by atoms with Gasteiger partial charge in [0.25, 0.3) is 0 Å². The van der Waals surface area contributed by atoms with E-state index in [4.69, 9.17) is 27.9 Å². The van der Waals surface area contributed by atoms with Crippen LogP contribution in [0.2, 0.25) is 10.0 Å². The van der Waals surface area contributed by atoms with Crippen molar-refractivity contribution in [2.75, 3.05) is 13.4 Å². The number of sulfone groups is 1. The Hall–Kier alpha value is -2.09. The second-order valence-electron chi connectivity index (χ2n) is 5.68. The van der Waals surface area contributed by atoms with Crippen molar-refractivity contribution in [2.45, 2.75) is 11.4 Å². The number of esters is 1. The minimum Gasteiger partial charge on any atom is -0.464 e. The Morgan fingerprint density at radius 2 is 1.92 bits per heavy atom. The predicted octanol–water partition coefficient (Wildman–Crippen LogP) is 3.58. The minimum atomic E-state index is -3.42. The number of methoxy groups -OCH3 is 1. The van der Waals surface area contributed by atoms with Gasteiger partial charge in [-0.25, -0.2) is 13.2 Å². The zero-order valence-corrected chi connectivity index (χ0v) is 16.2. The highest BCUT2D eigenvalue weighted by molar-refractivity contribution is 7.90. The van der Waals surface area contributed by atoms with Gasteiger partial charge in [0.05, 0.1) is 24.1 Å². The number of benzene rings is 2. The van der Waals surface area contributed by atoms with Crippen LogP contribution in [-0.2, 0) is 21.1 Å². The monoisotopic (exact) mass is 412 g/mol. The molecule has 0 saturated heterocycles. The van der Waals surface area contributed by atoms with Crippen LogP contribution in [0, 0.1) is 0 Å². The van der Waals surface area contributed by atoms with Gasteiger partial charge >= 0.3 is 5.97 Å². The van der Waals surface area contributed by atoms with E-state index in [1.165, 1.54) is 23.9 Å². The van der Waals surface area contributed by atoms with E-state index >= 15 is 0 Å². The molecule has 3 rings (SSSR count). The Balaban J connectivity index is 2.20. The topological polar surface area (TPSA) is 78.3 Å². The number of halogens is 2. The highest BCUT2D eigenvalue weighted by Crippen LogP contribution is 2.26. The molecule has 0 aliphatic carbocycles. The first-order valence-electron chi connectivity index (χ1n) is 7.43. The molecule has 136 valence electrons. The average molecular weight is 413 g/mol. The van der Waals surface area contributed by atoms with Crippen molar-refractivity contribution < 1.29 is 17.9 Å². The summed E-state index contributed by atoms with van der Waals surface area (Å²) in [4.78, 5) is 12.2. The summed E-state index contributed by atoms with van der Waals surface area (Å²) in [6.07, 6.45) is 1.12. The van der Waals surface area contributed by atoms with Gasteiger partial charge in [-0.05, 0) is 35.9 Å². The summed E-state index contributed by atoms with van der Waals surface area (Å²) < 4.78 is 30.0. The molecular formula is C17H14Cl2N2O4S. The number of hydrogen-bond acceptors (Lipinski definition) is 5. The van der Waals surface area contributed by atoms with E-state index < -0.39 is 15.8 Å². The van der Waals surface area contributed by atoms with Crippen LogP contribution in [0.4, 0.5) is 0 Å². The Morgan fingerprint density at radius 3 is 2.54 bits per heavy atom. The van der Waals surface area contributed by atoms with E-state index in [0.29, 0.717) is 20.9 Å². The molecule has 9 heteroatoms. The van der Waals surface area contributed by atoms with Crippen LogP contribution >= 0.6 is 23.2 Å². The smallest absolute Gasteiger partial charge is 0.359 e. The third-order valence-electron chi connectivity index (χ3n) is 3.87. The lowest BCUT2D eigenvalue weighted by atomic mass is 10.2. The molecule has 0 aliphatic rings. The van der Waals surface area contributed by atoms with Crippen LogP contribution in [0.25, 0.3) is 10.9 Å². The van der Waals surface area contributed by atoms with Gasteiger partial charge in [-0.3, -0.25) is 4.68 Å². The van der Waals surface area contributed by atoms with Crippen molar-refractivity contribution in [2.24, 2.45) is 0 Å². The lowest BCUT2D eigenvalue weighted by Gasteiger charge is -2.07. The van der Waals surface area contributed by atoms with Crippen LogP contribution in [0.3, 0.4) is 0 Å². The third kappa shape index (κ3) is 3.56. The first-order valence-corrected chi connectivity index (χ1v) is 10.1. The lowest BCUT2D eigenvalue weighted by Crippen LogP contribution is -2.06. The average Bonchev–Trinajstić information content (AvgIpc) is 2.94. The molecule has 0 unspecified atom stereocenters. The molecule has 0 aliphatic heterocycles. The van der Waals surface area contributed by atoms with E-state index in [0.717, 1.165) is 11.8 Å². The number of aromatic nitrogens is 2. The maximum atomic E-state index is 12.0. The SMILES string of the molecule is COC(=O)c1nn(Cc2ccc(Cl)cc2Cl)c2cc(S(C)(=O)=O)ccc12. The van der Waals surface area contributed by atoms with Gasteiger partial charge in [0.15, 0.2) is 15.5 Å². The number of fused-ring (bicyclic) bond motifs is 1. The number of hydrogen-bond donors (Lipinski definition) is 0. The fourth-order valence-corrected chi connectivity index (χ4v) is 3.67. The highest BCUT2D eigenvalue weighted by Gasteiger charge is 2.20. The summed E-state index contributed by atoms with van der Waals surface area (Å²) in [6.45, 7) is 0.233. The van der Waals surface area contributed by atoms with Crippen LogP contribution in [0.1, 0.15) is 16.1 Å². The molecule has 26 heavy (non-hydrogen) atoms. The summed E-state index contributed by atoms with van der Waals surface area (Å²) >= 11 is 12.1. The minimum absolute atomic E-state index is 0.104. The van der Waals surface area contributed by atoms with Gasteiger partial charge in [0.2, 0.25) is 0 Å². The molecule has 0 atom stereocenters. The molecule has 6 nitrogen and oxygen atoms in total. The van der Waals surface area contributed by atoms with Crippen molar-refractivity contribution in [1.29, 1.82) is 0 Å². The fraction of sp³-hybridized carbons (Fsp3) is 0.176. The Kier molecular flexibility index (Phi) is 4.96. The van der Waals surface area contributed by atoms with Crippen molar-refractivity contribution >= 4 is 49.9 Å². The number of ether oxygens (including phenoxy) is 1. The van der Waals surface area contributed by atoms with Crippen molar-refractivity contribution in [1.82, 2.24) is 9.78 Å². The van der Waals surface area contributed by atoms with Gasteiger partial charge < -0.3 is 4.74 Å². The molecule has 3 aromatic rings. The number of carbonyl (C=O) groups is 1. The lowest BCUT2D eigenvalue weighted by molar-refractivity contribution is 0.0595. The summed E-state index contributed by atoms with van der Waals surface area (Å²) in [6, 6.07) is 9.51. The number of nitrogens with zero attached hydrogens (tertiary/aromatic N) is 2. The molecule has 1 aromatic heterocycles. The second kappa shape index (κ2) is 6.90. The summed E-state index contributed by atoms with van der Waals surface area (Å²) in [7, 11) is -2.16. The normalized spacial score (nSPS) is 11.7. The standard InChI is InChI=1S/C17H14Cl2N2O4S/c1-25-17(22)16-13-6-5-12(26(2,23)24)8-15(13)21(20-16)9-10-3-4-11(18)7-14(10)19/h3-8H,9H2,1-2H3. The number of carbonyl (C=O) groups excluding carboxylic acids is 1. The predicted molar refractivity (Wildman–Crippen MR) is 99.7 cm³/mol. The van der Waals surface area contributed by atoms with Crippen LogP contribution < -0.4 is 0 Å². The Morgan fingerprint density at radius 1 is 1.19 bits per heavy atom.